The number of benzene rings is 1. The molecule has 3 rings (SSSR count). The average molecular weight is 280 g/mol. The van der Waals surface area contributed by atoms with E-state index >= 15 is 0 Å². The van der Waals surface area contributed by atoms with Gasteiger partial charge in [-0.3, -0.25) is 0 Å². The molecular weight excluding hydrogens is 260 g/mol. The van der Waals surface area contributed by atoms with Gasteiger partial charge >= 0.3 is 0 Å². The van der Waals surface area contributed by atoms with Crippen LogP contribution < -0.4 is 5.73 Å². The minimum atomic E-state index is 0.499. The first-order chi connectivity index (χ1) is 10.3. The van der Waals surface area contributed by atoms with Gasteiger partial charge in [0.1, 0.15) is 0 Å². The van der Waals surface area contributed by atoms with Crippen molar-refractivity contribution in [3.05, 3.63) is 53.3 Å². The van der Waals surface area contributed by atoms with Crippen LogP contribution in [0.15, 0.2) is 36.4 Å². The SMILES string of the molecule is CCc1cc(CC)n(-c2cc(CN)c3ccccc3n2)n1. The number of fused-ring (bicyclic) bond motifs is 1. The third-order valence-corrected chi connectivity index (χ3v) is 3.78. The van der Waals surface area contributed by atoms with Crippen molar-refractivity contribution in [2.24, 2.45) is 5.73 Å². The second-order valence-electron chi connectivity index (χ2n) is 5.11. The summed E-state index contributed by atoms with van der Waals surface area (Å²) in [6.45, 7) is 4.75. The maximum absolute atomic E-state index is 5.91. The lowest BCUT2D eigenvalue weighted by Crippen LogP contribution is -2.07. The first-order valence-electron chi connectivity index (χ1n) is 7.43. The van der Waals surface area contributed by atoms with Crippen molar-refractivity contribution in [1.82, 2.24) is 14.8 Å². The summed E-state index contributed by atoms with van der Waals surface area (Å²) in [4.78, 5) is 4.76. The maximum Gasteiger partial charge on any atom is 0.154 e. The monoisotopic (exact) mass is 280 g/mol. The van der Waals surface area contributed by atoms with Crippen LogP contribution in [-0.2, 0) is 19.4 Å². The van der Waals surface area contributed by atoms with Crippen LogP contribution in [0.1, 0.15) is 30.8 Å². The van der Waals surface area contributed by atoms with E-state index in [1.807, 2.05) is 28.9 Å². The first-order valence-corrected chi connectivity index (χ1v) is 7.43. The lowest BCUT2D eigenvalue weighted by atomic mass is 10.1. The zero-order chi connectivity index (χ0) is 14.8. The number of hydrogen-bond donors (Lipinski definition) is 1. The topological polar surface area (TPSA) is 56.7 Å². The van der Waals surface area contributed by atoms with Gasteiger partial charge in [-0.1, -0.05) is 32.0 Å². The summed E-state index contributed by atoms with van der Waals surface area (Å²) in [6, 6.07) is 12.3. The Labute approximate surface area is 124 Å². The minimum Gasteiger partial charge on any atom is -0.326 e. The number of para-hydroxylation sites is 1. The molecule has 0 saturated heterocycles. The van der Waals surface area contributed by atoms with E-state index in [4.69, 9.17) is 10.7 Å². The molecule has 1 aromatic carbocycles. The van der Waals surface area contributed by atoms with Crippen molar-refractivity contribution in [1.29, 1.82) is 0 Å². The third-order valence-electron chi connectivity index (χ3n) is 3.78. The van der Waals surface area contributed by atoms with E-state index in [1.165, 1.54) is 5.69 Å². The summed E-state index contributed by atoms with van der Waals surface area (Å²) in [5.74, 6) is 0.853. The summed E-state index contributed by atoms with van der Waals surface area (Å²) in [5.41, 5.74) is 10.2. The van der Waals surface area contributed by atoms with Crippen molar-refractivity contribution in [2.45, 2.75) is 33.2 Å². The lowest BCUT2D eigenvalue weighted by molar-refractivity contribution is 0.774. The fraction of sp³-hybridized carbons (Fsp3) is 0.294. The second-order valence-corrected chi connectivity index (χ2v) is 5.11. The van der Waals surface area contributed by atoms with Crippen LogP contribution in [0, 0.1) is 0 Å². The molecule has 0 saturated carbocycles. The van der Waals surface area contributed by atoms with Crippen molar-refractivity contribution in [3.8, 4) is 5.82 Å². The molecule has 0 unspecified atom stereocenters. The molecule has 0 radical (unpaired) electrons. The van der Waals surface area contributed by atoms with E-state index in [0.29, 0.717) is 6.54 Å². The van der Waals surface area contributed by atoms with E-state index in [1.54, 1.807) is 0 Å². The van der Waals surface area contributed by atoms with Gasteiger partial charge in [-0.2, -0.15) is 5.10 Å². The van der Waals surface area contributed by atoms with Gasteiger partial charge in [-0.25, -0.2) is 9.67 Å². The van der Waals surface area contributed by atoms with Crippen molar-refractivity contribution in [3.63, 3.8) is 0 Å². The lowest BCUT2D eigenvalue weighted by Gasteiger charge is -2.10. The van der Waals surface area contributed by atoms with Crippen LogP contribution in [0.5, 0.6) is 0 Å². The average Bonchev–Trinajstić information content (AvgIpc) is 2.97. The van der Waals surface area contributed by atoms with Crippen molar-refractivity contribution >= 4 is 10.9 Å². The Kier molecular flexibility index (Phi) is 3.71. The molecule has 0 atom stereocenters. The molecule has 2 heterocycles. The van der Waals surface area contributed by atoms with Crippen LogP contribution >= 0.6 is 0 Å². The molecule has 108 valence electrons. The highest BCUT2D eigenvalue weighted by molar-refractivity contribution is 5.83. The minimum absolute atomic E-state index is 0.499. The van der Waals surface area contributed by atoms with Gasteiger partial charge in [-0.15, -0.1) is 0 Å². The smallest absolute Gasteiger partial charge is 0.154 e. The molecule has 3 aromatic rings. The highest BCUT2D eigenvalue weighted by Crippen LogP contribution is 2.21. The molecule has 0 fully saturated rings. The zero-order valence-electron chi connectivity index (χ0n) is 12.5. The largest absolute Gasteiger partial charge is 0.326 e. The van der Waals surface area contributed by atoms with Crippen LogP contribution in [0.4, 0.5) is 0 Å². The van der Waals surface area contributed by atoms with E-state index in [-0.39, 0.29) is 0 Å². The predicted molar refractivity (Wildman–Crippen MR) is 85.5 cm³/mol. The van der Waals surface area contributed by atoms with E-state index < -0.39 is 0 Å². The van der Waals surface area contributed by atoms with Crippen LogP contribution in [0.25, 0.3) is 16.7 Å². The Morgan fingerprint density at radius 1 is 1.10 bits per heavy atom. The zero-order valence-corrected chi connectivity index (χ0v) is 12.5. The molecular formula is C17H20N4. The Bertz CT molecular complexity index is 774. The Morgan fingerprint density at radius 3 is 2.62 bits per heavy atom. The summed E-state index contributed by atoms with van der Waals surface area (Å²) in [7, 11) is 0. The molecule has 2 N–H and O–H groups in total. The van der Waals surface area contributed by atoms with Gasteiger partial charge in [0.05, 0.1) is 11.2 Å². The van der Waals surface area contributed by atoms with Crippen LogP contribution in [0.3, 0.4) is 0 Å². The summed E-state index contributed by atoms with van der Waals surface area (Å²) < 4.78 is 1.95. The number of nitrogens with zero attached hydrogens (tertiary/aromatic N) is 3. The van der Waals surface area contributed by atoms with Crippen molar-refractivity contribution in [2.75, 3.05) is 0 Å². The highest BCUT2D eigenvalue weighted by Gasteiger charge is 2.11. The highest BCUT2D eigenvalue weighted by atomic mass is 15.3. The molecule has 0 amide bonds. The Hall–Kier alpha value is -2.20. The number of hydrogen-bond acceptors (Lipinski definition) is 3. The molecule has 0 aliphatic heterocycles. The van der Waals surface area contributed by atoms with E-state index in [2.05, 4.69) is 31.1 Å². The Morgan fingerprint density at radius 2 is 1.90 bits per heavy atom. The second kappa shape index (κ2) is 5.66. The van der Waals surface area contributed by atoms with E-state index in [9.17, 15) is 0 Å². The van der Waals surface area contributed by atoms with E-state index in [0.717, 1.165) is 40.8 Å². The maximum atomic E-state index is 5.91. The first kappa shape index (κ1) is 13.8. The van der Waals surface area contributed by atoms with Gasteiger partial charge in [0.2, 0.25) is 0 Å². The fourth-order valence-electron chi connectivity index (χ4n) is 2.61. The number of pyridine rings is 1. The van der Waals surface area contributed by atoms with Gasteiger partial charge in [0, 0.05) is 17.6 Å². The summed E-state index contributed by atoms with van der Waals surface area (Å²) >= 11 is 0. The third kappa shape index (κ3) is 2.43. The van der Waals surface area contributed by atoms with Gasteiger partial charge in [0.15, 0.2) is 5.82 Å². The van der Waals surface area contributed by atoms with Gasteiger partial charge in [-0.05, 0) is 36.6 Å². The fourth-order valence-corrected chi connectivity index (χ4v) is 2.61. The molecule has 0 aliphatic rings. The standard InChI is InChI=1S/C17H20N4/c1-3-13-10-14(4-2)21(20-13)17-9-12(11-18)15-7-5-6-8-16(15)19-17/h5-10H,3-4,11,18H2,1-2H3. The van der Waals surface area contributed by atoms with Crippen molar-refractivity contribution < 1.29 is 0 Å². The molecule has 4 nitrogen and oxygen atoms in total. The molecule has 21 heavy (non-hydrogen) atoms. The normalized spacial score (nSPS) is 11.2. The summed E-state index contributed by atoms with van der Waals surface area (Å²) in [6.07, 6.45) is 1.86. The predicted octanol–water partition coefficient (Wildman–Crippen LogP) is 3.00. The number of rotatable bonds is 4. The van der Waals surface area contributed by atoms with Gasteiger partial charge < -0.3 is 5.73 Å². The molecule has 0 bridgehead atoms. The van der Waals surface area contributed by atoms with Crippen LogP contribution in [-0.4, -0.2) is 14.8 Å². The van der Waals surface area contributed by atoms with Crippen LogP contribution in [0.2, 0.25) is 0 Å². The number of aryl methyl sites for hydroxylation is 2. The molecule has 0 aliphatic carbocycles. The quantitative estimate of drug-likeness (QED) is 0.799. The van der Waals surface area contributed by atoms with Gasteiger partial charge in [0.25, 0.3) is 0 Å². The summed E-state index contributed by atoms with van der Waals surface area (Å²) in [5, 5.41) is 5.78. The number of aromatic nitrogens is 3. The molecule has 4 heteroatoms. The molecule has 2 aromatic heterocycles. The number of nitrogens with two attached hydrogens (primary N) is 1. The molecule has 0 spiro atoms. The Balaban J connectivity index is 2.23.